The summed E-state index contributed by atoms with van der Waals surface area (Å²) in [5.41, 5.74) is 1.88. The van der Waals surface area contributed by atoms with Crippen LogP contribution in [-0.4, -0.2) is 46.4 Å². The Kier molecular flexibility index (Phi) is 6.37. The largest absolute Gasteiger partial charge is 0.337 e. The highest BCUT2D eigenvalue weighted by Crippen LogP contribution is 2.21. The Labute approximate surface area is 165 Å². The van der Waals surface area contributed by atoms with Crippen molar-refractivity contribution in [2.24, 2.45) is 5.92 Å². The molecule has 1 aliphatic rings. The lowest BCUT2D eigenvalue weighted by Gasteiger charge is -2.34. The molecule has 6 heteroatoms. The van der Waals surface area contributed by atoms with E-state index in [1.807, 2.05) is 23.1 Å². The summed E-state index contributed by atoms with van der Waals surface area (Å²) in [6.07, 6.45) is 2.35. The Morgan fingerprint density at radius 2 is 2.00 bits per heavy atom. The molecule has 28 heavy (non-hydrogen) atoms. The molecule has 1 atom stereocenters. The summed E-state index contributed by atoms with van der Waals surface area (Å²) in [6, 6.07) is 12.1. The highest BCUT2D eigenvalue weighted by atomic mass is 19.1. The molecule has 1 aliphatic heterocycles. The van der Waals surface area contributed by atoms with Crippen molar-refractivity contribution < 1.29 is 9.18 Å². The quantitative estimate of drug-likeness (QED) is 0.815. The zero-order valence-corrected chi connectivity index (χ0v) is 16.3. The van der Waals surface area contributed by atoms with Crippen LogP contribution in [0.25, 0.3) is 0 Å². The second-order valence-electron chi connectivity index (χ2n) is 7.56. The first-order valence-electron chi connectivity index (χ1n) is 9.62. The molecule has 1 amide bonds. The molecular formula is C22H25FN4O. The third kappa shape index (κ3) is 4.73. The molecule has 1 fully saturated rings. The number of halogens is 1. The van der Waals surface area contributed by atoms with Crippen LogP contribution >= 0.6 is 0 Å². The maximum absolute atomic E-state index is 13.2. The van der Waals surface area contributed by atoms with E-state index < -0.39 is 0 Å². The van der Waals surface area contributed by atoms with E-state index in [2.05, 4.69) is 23.7 Å². The Hall–Kier alpha value is -2.78. The van der Waals surface area contributed by atoms with Crippen molar-refractivity contribution in [1.29, 1.82) is 5.26 Å². The van der Waals surface area contributed by atoms with Crippen LogP contribution < -0.4 is 0 Å². The third-order valence-corrected chi connectivity index (χ3v) is 5.23. The van der Waals surface area contributed by atoms with Crippen molar-refractivity contribution in [2.45, 2.75) is 32.9 Å². The second-order valence-corrected chi connectivity index (χ2v) is 7.56. The van der Waals surface area contributed by atoms with Gasteiger partial charge in [0, 0.05) is 38.4 Å². The molecule has 0 aliphatic carbocycles. The van der Waals surface area contributed by atoms with E-state index in [0.29, 0.717) is 30.3 Å². The number of hydrogen-bond acceptors (Lipinski definition) is 4. The first kappa shape index (κ1) is 20.0. The van der Waals surface area contributed by atoms with Crippen LogP contribution in [-0.2, 0) is 6.54 Å². The minimum Gasteiger partial charge on any atom is -0.337 e. The molecule has 2 heterocycles. The lowest BCUT2D eigenvalue weighted by atomic mass is 10.0. The van der Waals surface area contributed by atoms with Gasteiger partial charge in [0.15, 0.2) is 0 Å². The van der Waals surface area contributed by atoms with E-state index >= 15 is 0 Å². The average Bonchev–Trinajstić information content (AvgIpc) is 2.92. The lowest BCUT2D eigenvalue weighted by Crippen LogP contribution is -2.45. The SMILES string of the molecule is CC(C)[C@H]1CN(C(=O)c2ccc(C#N)nc2)CCCN1Cc1ccc(F)cc1. The highest BCUT2D eigenvalue weighted by Gasteiger charge is 2.30. The fraction of sp³-hybridized carbons (Fsp3) is 0.409. The molecule has 146 valence electrons. The molecule has 3 rings (SSSR count). The van der Waals surface area contributed by atoms with Crippen LogP contribution in [0.3, 0.4) is 0 Å². The van der Waals surface area contributed by atoms with Gasteiger partial charge >= 0.3 is 0 Å². The first-order chi connectivity index (χ1) is 13.5. The van der Waals surface area contributed by atoms with Crippen LogP contribution in [0.1, 0.15) is 41.9 Å². The number of amides is 1. The van der Waals surface area contributed by atoms with Gasteiger partial charge in [-0.2, -0.15) is 5.26 Å². The number of nitrogens with zero attached hydrogens (tertiary/aromatic N) is 4. The fourth-order valence-electron chi connectivity index (χ4n) is 3.67. The summed E-state index contributed by atoms with van der Waals surface area (Å²) >= 11 is 0. The van der Waals surface area contributed by atoms with Crippen molar-refractivity contribution >= 4 is 5.91 Å². The monoisotopic (exact) mass is 380 g/mol. The molecule has 0 N–H and O–H groups in total. The molecule has 0 radical (unpaired) electrons. The summed E-state index contributed by atoms with van der Waals surface area (Å²) in [7, 11) is 0. The van der Waals surface area contributed by atoms with Gasteiger partial charge in [0.1, 0.15) is 17.6 Å². The standard InChI is InChI=1S/C22H25FN4O/c1-16(2)21-15-27(22(28)18-6-9-20(12-24)25-13-18)11-3-10-26(21)14-17-4-7-19(23)8-5-17/h4-9,13,16,21H,3,10-11,14-15H2,1-2H3/t21-/m1/s1. The number of benzene rings is 1. The van der Waals surface area contributed by atoms with Gasteiger partial charge in [-0.1, -0.05) is 26.0 Å². The zero-order valence-electron chi connectivity index (χ0n) is 16.3. The number of aromatic nitrogens is 1. The number of rotatable bonds is 4. The molecule has 0 unspecified atom stereocenters. The van der Waals surface area contributed by atoms with Gasteiger partial charge in [0.25, 0.3) is 5.91 Å². The zero-order chi connectivity index (χ0) is 20.1. The van der Waals surface area contributed by atoms with Gasteiger partial charge < -0.3 is 4.90 Å². The number of hydrogen-bond donors (Lipinski definition) is 0. The summed E-state index contributed by atoms with van der Waals surface area (Å²) in [5.74, 6) is 0.0898. The highest BCUT2D eigenvalue weighted by molar-refractivity contribution is 5.94. The molecule has 0 bridgehead atoms. The normalized spacial score (nSPS) is 18.0. The van der Waals surface area contributed by atoms with E-state index in [1.165, 1.54) is 18.3 Å². The van der Waals surface area contributed by atoms with E-state index in [-0.39, 0.29) is 17.8 Å². The molecule has 1 saturated heterocycles. The summed E-state index contributed by atoms with van der Waals surface area (Å²) in [5, 5.41) is 8.88. The van der Waals surface area contributed by atoms with Gasteiger partial charge in [-0.15, -0.1) is 0 Å². The van der Waals surface area contributed by atoms with Crippen molar-refractivity contribution in [3.05, 3.63) is 65.2 Å². The van der Waals surface area contributed by atoms with Gasteiger partial charge in [-0.25, -0.2) is 9.37 Å². The molecule has 1 aromatic carbocycles. The average molecular weight is 380 g/mol. The van der Waals surface area contributed by atoms with E-state index in [1.54, 1.807) is 12.1 Å². The Morgan fingerprint density at radius 3 is 2.61 bits per heavy atom. The summed E-state index contributed by atoms with van der Waals surface area (Å²) in [6.45, 7) is 7.28. The predicted molar refractivity (Wildman–Crippen MR) is 105 cm³/mol. The van der Waals surface area contributed by atoms with E-state index in [4.69, 9.17) is 5.26 Å². The maximum atomic E-state index is 13.2. The Balaban J connectivity index is 1.75. The van der Waals surface area contributed by atoms with E-state index in [0.717, 1.165) is 25.1 Å². The maximum Gasteiger partial charge on any atom is 0.255 e. The molecule has 5 nitrogen and oxygen atoms in total. The molecular weight excluding hydrogens is 355 g/mol. The summed E-state index contributed by atoms with van der Waals surface area (Å²) < 4.78 is 13.2. The number of carbonyl (C=O) groups excluding carboxylic acids is 1. The number of nitriles is 1. The van der Waals surface area contributed by atoms with Crippen molar-refractivity contribution in [1.82, 2.24) is 14.8 Å². The van der Waals surface area contributed by atoms with Gasteiger partial charge in [0.05, 0.1) is 5.56 Å². The van der Waals surface area contributed by atoms with Crippen LogP contribution in [0, 0.1) is 23.1 Å². The van der Waals surface area contributed by atoms with Gasteiger partial charge in [-0.05, 0) is 42.2 Å². The fourth-order valence-corrected chi connectivity index (χ4v) is 3.67. The Morgan fingerprint density at radius 1 is 1.25 bits per heavy atom. The predicted octanol–water partition coefficient (Wildman–Crippen LogP) is 3.47. The van der Waals surface area contributed by atoms with E-state index in [9.17, 15) is 9.18 Å². The van der Waals surface area contributed by atoms with Crippen molar-refractivity contribution in [3.63, 3.8) is 0 Å². The number of pyridine rings is 1. The second kappa shape index (κ2) is 8.94. The molecule has 0 saturated carbocycles. The summed E-state index contributed by atoms with van der Waals surface area (Å²) in [4.78, 5) is 21.3. The van der Waals surface area contributed by atoms with Gasteiger partial charge in [0.2, 0.25) is 0 Å². The van der Waals surface area contributed by atoms with Crippen LogP contribution in [0.5, 0.6) is 0 Å². The smallest absolute Gasteiger partial charge is 0.255 e. The van der Waals surface area contributed by atoms with Crippen LogP contribution in [0.2, 0.25) is 0 Å². The Bertz CT molecular complexity index is 842. The van der Waals surface area contributed by atoms with Crippen LogP contribution in [0.15, 0.2) is 42.6 Å². The molecule has 1 aromatic heterocycles. The number of carbonyl (C=O) groups is 1. The molecule has 2 aromatic rings. The minimum atomic E-state index is -0.229. The topological polar surface area (TPSA) is 60.2 Å². The van der Waals surface area contributed by atoms with Gasteiger partial charge in [-0.3, -0.25) is 9.69 Å². The van der Waals surface area contributed by atoms with Crippen molar-refractivity contribution in [2.75, 3.05) is 19.6 Å². The first-order valence-corrected chi connectivity index (χ1v) is 9.62. The molecule has 0 spiro atoms. The van der Waals surface area contributed by atoms with Crippen LogP contribution in [0.4, 0.5) is 4.39 Å². The third-order valence-electron chi connectivity index (χ3n) is 5.23. The van der Waals surface area contributed by atoms with Crippen molar-refractivity contribution in [3.8, 4) is 6.07 Å². The minimum absolute atomic E-state index is 0.0497. The lowest BCUT2D eigenvalue weighted by molar-refractivity contribution is 0.0702.